The molecule has 1 aliphatic heterocycles. The zero-order valence-electron chi connectivity index (χ0n) is 13.6. The molecule has 2 aromatic rings. The highest BCUT2D eigenvalue weighted by atomic mass is 16.5. The molecule has 0 amide bonds. The van der Waals surface area contributed by atoms with Crippen molar-refractivity contribution in [3.63, 3.8) is 0 Å². The minimum absolute atomic E-state index is 0.00323. The van der Waals surface area contributed by atoms with Crippen LogP contribution in [0.3, 0.4) is 0 Å². The van der Waals surface area contributed by atoms with Crippen LogP contribution >= 0.6 is 0 Å². The fourth-order valence-corrected chi connectivity index (χ4v) is 2.95. The summed E-state index contributed by atoms with van der Waals surface area (Å²) in [6.45, 7) is 2.97. The van der Waals surface area contributed by atoms with E-state index in [1.165, 1.54) is 0 Å². The van der Waals surface area contributed by atoms with Crippen LogP contribution in [0.15, 0.2) is 48.5 Å². The Morgan fingerprint density at radius 3 is 2.92 bits per heavy atom. The van der Waals surface area contributed by atoms with E-state index in [1.54, 1.807) is 25.3 Å². The fraction of sp³-hybridized carbons (Fsp3) is 0.316. The Kier molecular flexibility index (Phi) is 5.13. The number of carboxylic acid groups (broad SMARTS) is 1. The molecule has 0 bridgehead atoms. The van der Waals surface area contributed by atoms with Crippen LogP contribution in [0.25, 0.3) is 0 Å². The second kappa shape index (κ2) is 7.47. The first-order valence-electron chi connectivity index (χ1n) is 7.96. The third-order valence-electron chi connectivity index (χ3n) is 4.20. The van der Waals surface area contributed by atoms with Crippen molar-refractivity contribution in [2.24, 2.45) is 0 Å². The second-order valence-corrected chi connectivity index (χ2v) is 5.88. The van der Waals surface area contributed by atoms with Gasteiger partial charge in [0, 0.05) is 19.6 Å². The SMILES string of the molecule is COc1cccc(C2CN(Cc3cccc(C(=O)O)c3)CCO2)c1. The molecule has 0 spiro atoms. The fourth-order valence-electron chi connectivity index (χ4n) is 2.95. The van der Waals surface area contributed by atoms with E-state index in [9.17, 15) is 4.79 Å². The smallest absolute Gasteiger partial charge is 0.335 e. The summed E-state index contributed by atoms with van der Waals surface area (Å²) in [6, 6.07) is 15.0. The third-order valence-corrected chi connectivity index (χ3v) is 4.20. The van der Waals surface area contributed by atoms with E-state index in [0.29, 0.717) is 18.7 Å². The predicted octanol–water partition coefficient (Wildman–Crippen LogP) is 2.97. The van der Waals surface area contributed by atoms with Gasteiger partial charge in [-0.1, -0.05) is 24.3 Å². The number of hydrogen-bond donors (Lipinski definition) is 1. The second-order valence-electron chi connectivity index (χ2n) is 5.88. The standard InChI is InChI=1S/C19H21NO4/c1-23-17-7-3-5-15(11-17)18-13-20(8-9-24-18)12-14-4-2-6-16(10-14)19(21)22/h2-7,10-11,18H,8-9,12-13H2,1H3,(H,21,22). The maximum atomic E-state index is 11.1. The lowest BCUT2D eigenvalue weighted by Gasteiger charge is -2.33. The third kappa shape index (κ3) is 3.93. The monoisotopic (exact) mass is 327 g/mol. The average molecular weight is 327 g/mol. The van der Waals surface area contributed by atoms with Crippen LogP contribution in [0.5, 0.6) is 5.75 Å². The molecule has 5 nitrogen and oxygen atoms in total. The Bertz CT molecular complexity index is 716. The maximum Gasteiger partial charge on any atom is 0.335 e. The minimum atomic E-state index is -0.895. The summed E-state index contributed by atoms with van der Waals surface area (Å²) in [6.07, 6.45) is -0.00323. The number of methoxy groups -OCH3 is 1. The number of morpholine rings is 1. The summed E-state index contributed by atoms with van der Waals surface area (Å²) in [5, 5.41) is 9.11. The Labute approximate surface area is 141 Å². The lowest BCUT2D eigenvalue weighted by molar-refractivity contribution is -0.0330. The van der Waals surface area contributed by atoms with Crippen molar-refractivity contribution in [2.75, 3.05) is 26.8 Å². The van der Waals surface area contributed by atoms with E-state index in [4.69, 9.17) is 14.6 Å². The highest BCUT2D eigenvalue weighted by Gasteiger charge is 2.22. The van der Waals surface area contributed by atoms with Crippen molar-refractivity contribution < 1.29 is 19.4 Å². The lowest BCUT2D eigenvalue weighted by Crippen LogP contribution is -2.37. The molecule has 2 aromatic carbocycles. The number of rotatable bonds is 5. The predicted molar refractivity (Wildman–Crippen MR) is 90.4 cm³/mol. The van der Waals surface area contributed by atoms with E-state index in [2.05, 4.69) is 4.90 Å². The number of carbonyl (C=O) groups is 1. The van der Waals surface area contributed by atoms with Gasteiger partial charge in [0.05, 0.1) is 25.4 Å². The van der Waals surface area contributed by atoms with Crippen LogP contribution in [0.1, 0.15) is 27.6 Å². The summed E-state index contributed by atoms with van der Waals surface area (Å²) in [4.78, 5) is 13.4. The molecule has 1 heterocycles. The van der Waals surface area contributed by atoms with Crippen LogP contribution in [-0.2, 0) is 11.3 Å². The van der Waals surface area contributed by atoms with E-state index in [-0.39, 0.29) is 6.10 Å². The van der Waals surface area contributed by atoms with Crippen molar-refractivity contribution in [2.45, 2.75) is 12.6 Å². The zero-order valence-corrected chi connectivity index (χ0v) is 13.6. The molecule has 0 radical (unpaired) electrons. The summed E-state index contributed by atoms with van der Waals surface area (Å²) in [5.74, 6) is -0.0736. The molecular formula is C19H21NO4. The molecule has 0 aromatic heterocycles. The van der Waals surface area contributed by atoms with Crippen molar-refractivity contribution in [1.82, 2.24) is 4.90 Å². The molecule has 0 saturated carbocycles. The van der Waals surface area contributed by atoms with E-state index in [1.807, 2.05) is 30.3 Å². The maximum absolute atomic E-state index is 11.1. The molecule has 0 aliphatic carbocycles. The topological polar surface area (TPSA) is 59.0 Å². The number of ether oxygens (including phenoxy) is 2. The average Bonchev–Trinajstić information content (AvgIpc) is 2.62. The van der Waals surface area contributed by atoms with Gasteiger partial charge in [-0.15, -0.1) is 0 Å². The van der Waals surface area contributed by atoms with Gasteiger partial charge in [-0.2, -0.15) is 0 Å². The van der Waals surface area contributed by atoms with Crippen molar-refractivity contribution >= 4 is 5.97 Å². The van der Waals surface area contributed by atoms with E-state index >= 15 is 0 Å². The molecule has 5 heteroatoms. The molecule has 1 N–H and O–H groups in total. The molecular weight excluding hydrogens is 306 g/mol. The van der Waals surface area contributed by atoms with Gasteiger partial charge in [0.2, 0.25) is 0 Å². The van der Waals surface area contributed by atoms with Gasteiger partial charge < -0.3 is 14.6 Å². The van der Waals surface area contributed by atoms with Gasteiger partial charge in [-0.25, -0.2) is 4.79 Å². The molecule has 1 fully saturated rings. The molecule has 1 unspecified atom stereocenters. The molecule has 126 valence electrons. The van der Waals surface area contributed by atoms with Gasteiger partial charge in [-0.05, 0) is 35.4 Å². The van der Waals surface area contributed by atoms with Crippen LogP contribution in [0.2, 0.25) is 0 Å². The number of carboxylic acids is 1. The Morgan fingerprint density at radius 2 is 2.12 bits per heavy atom. The summed E-state index contributed by atoms with van der Waals surface area (Å²) in [7, 11) is 1.66. The Hall–Kier alpha value is -2.37. The number of benzene rings is 2. The summed E-state index contributed by atoms with van der Waals surface area (Å²) in [5.41, 5.74) is 2.42. The van der Waals surface area contributed by atoms with Gasteiger partial charge in [-0.3, -0.25) is 4.90 Å². The molecule has 3 rings (SSSR count). The van der Waals surface area contributed by atoms with Gasteiger partial charge in [0.1, 0.15) is 5.75 Å². The minimum Gasteiger partial charge on any atom is -0.497 e. The van der Waals surface area contributed by atoms with Crippen LogP contribution in [-0.4, -0.2) is 42.8 Å². The first-order chi connectivity index (χ1) is 11.7. The van der Waals surface area contributed by atoms with Crippen LogP contribution < -0.4 is 4.74 Å². The van der Waals surface area contributed by atoms with Gasteiger partial charge in [0.15, 0.2) is 0 Å². The normalized spacial score (nSPS) is 18.3. The van der Waals surface area contributed by atoms with E-state index < -0.39 is 5.97 Å². The Balaban J connectivity index is 1.69. The first-order valence-corrected chi connectivity index (χ1v) is 7.96. The first kappa shape index (κ1) is 16.5. The molecule has 1 atom stereocenters. The van der Waals surface area contributed by atoms with Crippen molar-refractivity contribution in [3.8, 4) is 5.75 Å². The highest BCUT2D eigenvalue weighted by molar-refractivity contribution is 5.87. The zero-order chi connectivity index (χ0) is 16.9. The summed E-state index contributed by atoms with van der Waals surface area (Å²) < 4.78 is 11.2. The number of aromatic carboxylic acids is 1. The van der Waals surface area contributed by atoms with Gasteiger partial charge >= 0.3 is 5.97 Å². The molecule has 24 heavy (non-hydrogen) atoms. The van der Waals surface area contributed by atoms with Crippen LogP contribution in [0.4, 0.5) is 0 Å². The van der Waals surface area contributed by atoms with Gasteiger partial charge in [0.25, 0.3) is 0 Å². The lowest BCUT2D eigenvalue weighted by atomic mass is 10.1. The highest BCUT2D eigenvalue weighted by Crippen LogP contribution is 2.26. The molecule has 1 saturated heterocycles. The largest absolute Gasteiger partial charge is 0.497 e. The number of hydrogen-bond acceptors (Lipinski definition) is 4. The summed E-state index contributed by atoms with van der Waals surface area (Å²) >= 11 is 0. The number of nitrogens with zero attached hydrogens (tertiary/aromatic N) is 1. The van der Waals surface area contributed by atoms with Crippen molar-refractivity contribution in [3.05, 3.63) is 65.2 Å². The Morgan fingerprint density at radius 1 is 1.29 bits per heavy atom. The van der Waals surface area contributed by atoms with Crippen LogP contribution in [0, 0.1) is 0 Å². The quantitative estimate of drug-likeness (QED) is 0.915. The van der Waals surface area contributed by atoms with E-state index in [0.717, 1.165) is 30.0 Å². The van der Waals surface area contributed by atoms with Crippen molar-refractivity contribution in [1.29, 1.82) is 0 Å². The molecule has 1 aliphatic rings.